The third kappa shape index (κ3) is 3.22. The molecule has 0 aliphatic rings. The van der Waals surface area contributed by atoms with Crippen molar-refractivity contribution in [2.45, 2.75) is 13.8 Å². The highest BCUT2D eigenvalue weighted by Gasteiger charge is 2.18. The van der Waals surface area contributed by atoms with Gasteiger partial charge < -0.3 is 10.1 Å². The summed E-state index contributed by atoms with van der Waals surface area (Å²) in [6, 6.07) is 9.54. The lowest BCUT2D eigenvalue weighted by Crippen LogP contribution is -2.14. The smallest absolute Gasteiger partial charge is 0.270 e. The lowest BCUT2D eigenvalue weighted by Gasteiger charge is -2.11. The molecule has 2 aromatic carbocycles. The molecule has 6 nitrogen and oxygen atoms in total. The minimum Gasteiger partial charge on any atom is -0.496 e. The number of nitrogens with zero attached hydrogens (tertiary/aromatic N) is 1. The van der Waals surface area contributed by atoms with Gasteiger partial charge in [0.05, 0.1) is 17.6 Å². The van der Waals surface area contributed by atoms with E-state index in [1.165, 1.54) is 25.3 Å². The van der Waals surface area contributed by atoms with Crippen molar-refractivity contribution in [3.05, 3.63) is 63.2 Å². The maximum atomic E-state index is 12.4. The van der Waals surface area contributed by atoms with Gasteiger partial charge in [0, 0.05) is 17.8 Å². The number of nitro groups is 1. The Kier molecular flexibility index (Phi) is 4.41. The molecule has 0 aliphatic carbocycles. The Balaban J connectivity index is 2.35. The monoisotopic (exact) mass is 300 g/mol. The third-order valence-corrected chi connectivity index (χ3v) is 3.27. The number of anilines is 1. The first kappa shape index (κ1) is 15.5. The summed E-state index contributed by atoms with van der Waals surface area (Å²) in [4.78, 5) is 22.7. The molecule has 0 unspecified atom stereocenters. The zero-order valence-electron chi connectivity index (χ0n) is 12.5. The van der Waals surface area contributed by atoms with Crippen molar-refractivity contribution >= 4 is 17.3 Å². The number of methoxy groups -OCH3 is 1. The average molecular weight is 300 g/mol. The number of amides is 1. The summed E-state index contributed by atoms with van der Waals surface area (Å²) < 4.78 is 5.10. The molecule has 0 bridgehead atoms. The summed E-state index contributed by atoms with van der Waals surface area (Å²) in [6.45, 7) is 3.84. The van der Waals surface area contributed by atoms with Crippen LogP contribution in [0.4, 0.5) is 11.4 Å². The summed E-state index contributed by atoms with van der Waals surface area (Å²) in [5.74, 6) is -0.166. The standard InChI is InChI=1S/C16H16N2O4/c1-10-4-6-14(11(2)8-10)17-16(19)13-9-12(18(20)21)5-7-15(13)22-3/h4-9H,1-3H3,(H,17,19). The van der Waals surface area contributed by atoms with E-state index in [-0.39, 0.29) is 17.0 Å². The SMILES string of the molecule is COc1ccc([N+](=O)[O-])cc1C(=O)Nc1ccc(C)cc1C. The normalized spacial score (nSPS) is 10.1. The summed E-state index contributed by atoms with van der Waals surface area (Å²) >= 11 is 0. The van der Waals surface area contributed by atoms with E-state index in [4.69, 9.17) is 4.74 Å². The Morgan fingerprint density at radius 3 is 2.50 bits per heavy atom. The Bertz CT molecular complexity index is 741. The quantitative estimate of drug-likeness (QED) is 0.692. The molecule has 2 aromatic rings. The molecule has 0 saturated carbocycles. The van der Waals surface area contributed by atoms with E-state index >= 15 is 0 Å². The van der Waals surface area contributed by atoms with Crippen LogP contribution in [0, 0.1) is 24.0 Å². The Morgan fingerprint density at radius 2 is 1.91 bits per heavy atom. The molecule has 1 amide bonds. The third-order valence-electron chi connectivity index (χ3n) is 3.27. The molecule has 22 heavy (non-hydrogen) atoms. The number of nitrogens with one attached hydrogen (secondary N) is 1. The van der Waals surface area contributed by atoms with Crippen LogP contribution in [0.1, 0.15) is 21.5 Å². The fraction of sp³-hybridized carbons (Fsp3) is 0.188. The highest BCUT2D eigenvalue weighted by Crippen LogP contribution is 2.25. The lowest BCUT2D eigenvalue weighted by molar-refractivity contribution is -0.384. The molecule has 1 N–H and O–H groups in total. The first-order valence-corrected chi connectivity index (χ1v) is 6.63. The van der Waals surface area contributed by atoms with Gasteiger partial charge in [-0.05, 0) is 31.5 Å². The Labute approximate surface area is 127 Å². The van der Waals surface area contributed by atoms with E-state index in [1.54, 1.807) is 6.07 Å². The summed E-state index contributed by atoms with van der Waals surface area (Å²) in [7, 11) is 1.41. The largest absolute Gasteiger partial charge is 0.496 e. The molecule has 114 valence electrons. The van der Waals surface area contributed by atoms with Gasteiger partial charge in [-0.3, -0.25) is 14.9 Å². The van der Waals surface area contributed by atoms with Gasteiger partial charge in [0.25, 0.3) is 11.6 Å². The number of carbonyl (C=O) groups excluding carboxylic acids is 1. The fourth-order valence-electron chi connectivity index (χ4n) is 2.13. The lowest BCUT2D eigenvalue weighted by atomic mass is 10.1. The number of non-ortho nitro benzene ring substituents is 1. The molecular weight excluding hydrogens is 284 g/mol. The molecule has 0 heterocycles. The van der Waals surface area contributed by atoms with Crippen LogP contribution in [0.3, 0.4) is 0 Å². The van der Waals surface area contributed by atoms with Gasteiger partial charge in [0.1, 0.15) is 5.75 Å². The molecule has 0 fully saturated rings. The highest BCUT2D eigenvalue weighted by atomic mass is 16.6. The maximum Gasteiger partial charge on any atom is 0.270 e. The number of carbonyl (C=O) groups is 1. The van der Waals surface area contributed by atoms with Gasteiger partial charge in [-0.1, -0.05) is 17.7 Å². The summed E-state index contributed by atoms with van der Waals surface area (Å²) in [6.07, 6.45) is 0. The fourth-order valence-corrected chi connectivity index (χ4v) is 2.13. The summed E-state index contributed by atoms with van der Waals surface area (Å²) in [5, 5.41) is 13.6. The predicted octanol–water partition coefficient (Wildman–Crippen LogP) is 3.47. The Hall–Kier alpha value is -2.89. The number of ether oxygens (including phenoxy) is 1. The van der Waals surface area contributed by atoms with E-state index in [1.807, 2.05) is 26.0 Å². The van der Waals surface area contributed by atoms with Crippen LogP contribution >= 0.6 is 0 Å². The Morgan fingerprint density at radius 1 is 1.18 bits per heavy atom. The minimum absolute atomic E-state index is 0.122. The first-order valence-electron chi connectivity index (χ1n) is 6.63. The van der Waals surface area contributed by atoms with Crippen LogP contribution in [-0.2, 0) is 0 Å². The van der Waals surface area contributed by atoms with Gasteiger partial charge in [-0.15, -0.1) is 0 Å². The average Bonchev–Trinajstić information content (AvgIpc) is 2.49. The van der Waals surface area contributed by atoms with Gasteiger partial charge in [0.15, 0.2) is 0 Å². The molecule has 0 radical (unpaired) electrons. The van der Waals surface area contributed by atoms with Crippen LogP contribution in [0.5, 0.6) is 5.75 Å². The van der Waals surface area contributed by atoms with Gasteiger partial charge in [-0.2, -0.15) is 0 Å². The molecule has 2 rings (SSSR count). The number of nitro benzene ring substituents is 1. The van der Waals surface area contributed by atoms with E-state index in [0.29, 0.717) is 5.69 Å². The molecule has 0 atom stereocenters. The number of hydrogen-bond donors (Lipinski definition) is 1. The second-order valence-electron chi connectivity index (χ2n) is 4.91. The minimum atomic E-state index is -0.548. The van der Waals surface area contributed by atoms with E-state index < -0.39 is 10.8 Å². The van der Waals surface area contributed by atoms with Crippen LogP contribution in [0.15, 0.2) is 36.4 Å². The maximum absolute atomic E-state index is 12.4. The van der Waals surface area contributed by atoms with Crippen molar-refractivity contribution in [2.24, 2.45) is 0 Å². The number of rotatable bonds is 4. The van der Waals surface area contributed by atoms with Gasteiger partial charge in [-0.25, -0.2) is 0 Å². The van der Waals surface area contributed by atoms with Crippen LogP contribution in [-0.4, -0.2) is 17.9 Å². The molecular formula is C16H16N2O4. The second kappa shape index (κ2) is 6.26. The van der Waals surface area contributed by atoms with Crippen molar-refractivity contribution < 1.29 is 14.5 Å². The topological polar surface area (TPSA) is 81.5 Å². The highest BCUT2D eigenvalue weighted by molar-refractivity contribution is 6.07. The number of benzene rings is 2. The zero-order chi connectivity index (χ0) is 16.3. The van der Waals surface area contributed by atoms with Crippen LogP contribution in [0.2, 0.25) is 0 Å². The molecule has 6 heteroatoms. The molecule has 0 saturated heterocycles. The van der Waals surface area contributed by atoms with Gasteiger partial charge >= 0.3 is 0 Å². The van der Waals surface area contributed by atoms with Crippen molar-refractivity contribution in [1.29, 1.82) is 0 Å². The predicted molar refractivity (Wildman–Crippen MR) is 83.5 cm³/mol. The number of aryl methyl sites for hydroxylation is 2. The zero-order valence-corrected chi connectivity index (χ0v) is 12.5. The van der Waals surface area contributed by atoms with Crippen molar-refractivity contribution in [3.8, 4) is 5.75 Å². The molecule has 0 aliphatic heterocycles. The van der Waals surface area contributed by atoms with E-state index in [0.717, 1.165) is 11.1 Å². The van der Waals surface area contributed by atoms with Gasteiger partial charge in [0.2, 0.25) is 0 Å². The first-order chi connectivity index (χ1) is 10.4. The van der Waals surface area contributed by atoms with Crippen LogP contribution in [0.25, 0.3) is 0 Å². The van der Waals surface area contributed by atoms with Crippen LogP contribution < -0.4 is 10.1 Å². The molecule has 0 spiro atoms. The van der Waals surface area contributed by atoms with Crippen molar-refractivity contribution in [1.82, 2.24) is 0 Å². The van der Waals surface area contributed by atoms with Crippen molar-refractivity contribution in [3.63, 3.8) is 0 Å². The number of hydrogen-bond acceptors (Lipinski definition) is 4. The van der Waals surface area contributed by atoms with Crippen molar-refractivity contribution in [2.75, 3.05) is 12.4 Å². The van der Waals surface area contributed by atoms with E-state index in [9.17, 15) is 14.9 Å². The second-order valence-corrected chi connectivity index (χ2v) is 4.91. The summed E-state index contributed by atoms with van der Waals surface area (Å²) in [5.41, 5.74) is 2.62. The van der Waals surface area contributed by atoms with E-state index in [2.05, 4.69) is 5.32 Å². The molecule has 0 aromatic heterocycles.